The highest BCUT2D eigenvalue weighted by atomic mass is 16.4. The van der Waals surface area contributed by atoms with Crippen molar-refractivity contribution in [2.45, 2.75) is 13.5 Å². The summed E-state index contributed by atoms with van der Waals surface area (Å²) in [6.45, 7) is 2.09. The van der Waals surface area contributed by atoms with Gasteiger partial charge < -0.3 is 10.0 Å². The first-order valence-corrected chi connectivity index (χ1v) is 4.93. The predicted octanol–water partition coefficient (Wildman–Crippen LogP) is -0.542. The Kier molecular flexibility index (Phi) is 4.22. The first kappa shape index (κ1) is 12.7. The summed E-state index contributed by atoms with van der Waals surface area (Å²) in [7, 11) is 0. The van der Waals surface area contributed by atoms with Crippen LogP contribution >= 0.6 is 0 Å². The molecule has 0 radical (unpaired) electrons. The van der Waals surface area contributed by atoms with Gasteiger partial charge >= 0.3 is 5.97 Å². The van der Waals surface area contributed by atoms with Gasteiger partial charge in [0, 0.05) is 6.54 Å². The number of carbonyl (C=O) groups is 2. The number of amides is 1. The SMILES string of the molecule is C#CCN(CC)C(=O)c1cn(CC(=O)O)nn1. The molecule has 0 bridgehead atoms. The Labute approximate surface area is 98.0 Å². The van der Waals surface area contributed by atoms with Gasteiger partial charge in [0.25, 0.3) is 5.91 Å². The Morgan fingerprint density at radius 2 is 2.35 bits per heavy atom. The van der Waals surface area contributed by atoms with Gasteiger partial charge in [0.05, 0.1) is 12.7 Å². The van der Waals surface area contributed by atoms with E-state index in [0.717, 1.165) is 4.68 Å². The number of nitrogens with zero attached hydrogens (tertiary/aromatic N) is 4. The monoisotopic (exact) mass is 236 g/mol. The molecule has 1 amide bonds. The number of carboxylic acids is 1. The fourth-order valence-corrected chi connectivity index (χ4v) is 1.21. The Hall–Kier alpha value is -2.36. The predicted molar refractivity (Wildman–Crippen MR) is 58.1 cm³/mol. The maximum Gasteiger partial charge on any atom is 0.325 e. The summed E-state index contributed by atoms with van der Waals surface area (Å²) in [6.07, 6.45) is 6.42. The number of aliphatic carboxylic acids is 1. The first-order valence-electron chi connectivity index (χ1n) is 4.93. The molecule has 1 aromatic heterocycles. The number of carboxylic acid groups (broad SMARTS) is 1. The van der Waals surface area contributed by atoms with Gasteiger partial charge in [0.15, 0.2) is 5.69 Å². The van der Waals surface area contributed by atoms with E-state index >= 15 is 0 Å². The number of aromatic nitrogens is 3. The summed E-state index contributed by atoms with van der Waals surface area (Å²) < 4.78 is 1.08. The molecule has 0 aromatic carbocycles. The van der Waals surface area contributed by atoms with Crippen molar-refractivity contribution in [3.63, 3.8) is 0 Å². The van der Waals surface area contributed by atoms with Crippen LogP contribution in [0.3, 0.4) is 0 Å². The Morgan fingerprint density at radius 1 is 1.65 bits per heavy atom. The van der Waals surface area contributed by atoms with Gasteiger partial charge in [0.1, 0.15) is 6.54 Å². The van der Waals surface area contributed by atoms with Crippen LogP contribution < -0.4 is 0 Å². The number of hydrogen-bond acceptors (Lipinski definition) is 4. The van der Waals surface area contributed by atoms with E-state index in [2.05, 4.69) is 16.2 Å². The summed E-state index contributed by atoms with van der Waals surface area (Å²) in [5.74, 6) is 0.954. The van der Waals surface area contributed by atoms with Crippen LogP contribution in [0.15, 0.2) is 6.20 Å². The number of terminal acetylenes is 1. The van der Waals surface area contributed by atoms with Crippen LogP contribution in [-0.4, -0.2) is 50.0 Å². The highest BCUT2D eigenvalue weighted by Gasteiger charge is 2.17. The van der Waals surface area contributed by atoms with Gasteiger partial charge in [-0.1, -0.05) is 11.1 Å². The standard InChI is InChI=1S/C10H12N4O3/c1-3-5-13(4-2)10(17)8-6-14(12-11-8)7-9(15)16/h1,6H,4-5,7H2,2H3,(H,15,16). The van der Waals surface area contributed by atoms with Gasteiger partial charge in [-0.25, -0.2) is 4.68 Å². The van der Waals surface area contributed by atoms with Crippen LogP contribution in [-0.2, 0) is 11.3 Å². The third kappa shape index (κ3) is 3.31. The second kappa shape index (κ2) is 5.65. The molecule has 1 rings (SSSR count). The van der Waals surface area contributed by atoms with Crippen LogP contribution in [0.25, 0.3) is 0 Å². The van der Waals surface area contributed by atoms with E-state index < -0.39 is 5.97 Å². The zero-order valence-corrected chi connectivity index (χ0v) is 9.33. The van der Waals surface area contributed by atoms with Crippen molar-refractivity contribution < 1.29 is 14.7 Å². The molecule has 0 aliphatic rings. The lowest BCUT2D eigenvalue weighted by Crippen LogP contribution is -2.31. The minimum Gasteiger partial charge on any atom is -0.480 e. The summed E-state index contributed by atoms with van der Waals surface area (Å²) >= 11 is 0. The molecule has 0 aliphatic heterocycles. The summed E-state index contributed by atoms with van der Waals surface area (Å²) in [6, 6.07) is 0. The quantitative estimate of drug-likeness (QED) is 0.693. The maximum atomic E-state index is 11.8. The molecule has 0 unspecified atom stereocenters. The molecule has 1 aromatic rings. The average Bonchev–Trinajstić information content (AvgIpc) is 2.72. The van der Waals surface area contributed by atoms with Gasteiger partial charge in [0.2, 0.25) is 0 Å². The average molecular weight is 236 g/mol. The van der Waals surface area contributed by atoms with Crippen molar-refractivity contribution in [1.29, 1.82) is 0 Å². The number of rotatable bonds is 5. The Morgan fingerprint density at radius 3 is 2.88 bits per heavy atom. The zero-order valence-electron chi connectivity index (χ0n) is 9.33. The van der Waals surface area contributed by atoms with Crippen LogP contribution in [0.4, 0.5) is 0 Å². The highest BCUT2D eigenvalue weighted by Crippen LogP contribution is 2.00. The summed E-state index contributed by atoms with van der Waals surface area (Å²) in [5.41, 5.74) is 0.0864. The molecule has 90 valence electrons. The molecular weight excluding hydrogens is 224 g/mol. The van der Waals surface area contributed by atoms with Crippen molar-refractivity contribution in [2.75, 3.05) is 13.1 Å². The van der Waals surface area contributed by atoms with Crippen LogP contribution in [0.2, 0.25) is 0 Å². The molecule has 0 spiro atoms. The molecule has 0 atom stereocenters. The molecule has 0 saturated carbocycles. The van der Waals surface area contributed by atoms with Gasteiger partial charge in [-0.15, -0.1) is 11.5 Å². The van der Waals surface area contributed by atoms with E-state index in [4.69, 9.17) is 11.5 Å². The van der Waals surface area contributed by atoms with Crippen molar-refractivity contribution >= 4 is 11.9 Å². The number of carbonyl (C=O) groups excluding carboxylic acids is 1. The van der Waals surface area contributed by atoms with E-state index in [-0.39, 0.29) is 24.7 Å². The van der Waals surface area contributed by atoms with Crippen molar-refractivity contribution in [3.05, 3.63) is 11.9 Å². The van der Waals surface area contributed by atoms with Crippen molar-refractivity contribution in [1.82, 2.24) is 19.9 Å². The van der Waals surface area contributed by atoms with Gasteiger partial charge in [-0.3, -0.25) is 9.59 Å². The van der Waals surface area contributed by atoms with Crippen molar-refractivity contribution in [2.24, 2.45) is 0 Å². The van der Waals surface area contributed by atoms with E-state index in [1.807, 2.05) is 0 Å². The zero-order chi connectivity index (χ0) is 12.8. The van der Waals surface area contributed by atoms with Crippen molar-refractivity contribution in [3.8, 4) is 12.3 Å². The highest BCUT2D eigenvalue weighted by molar-refractivity contribution is 5.92. The lowest BCUT2D eigenvalue weighted by atomic mass is 10.3. The molecular formula is C10H12N4O3. The van der Waals surface area contributed by atoms with Crippen LogP contribution in [0.1, 0.15) is 17.4 Å². The van der Waals surface area contributed by atoms with Gasteiger partial charge in [-0.2, -0.15) is 0 Å². The third-order valence-electron chi connectivity index (χ3n) is 2.01. The summed E-state index contributed by atoms with van der Waals surface area (Å²) in [5, 5.41) is 15.7. The molecule has 17 heavy (non-hydrogen) atoms. The van der Waals surface area contributed by atoms with E-state index in [1.54, 1.807) is 6.92 Å². The third-order valence-corrected chi connectivity index (χ3v) is 2.01. The largest absolute Gasteiger partial charge is 0.480 e. The molecule has 0 aliphatic carbocycles. The molecule has 7 heteroatoms. The lowest BCUT2D eigenvalue weighted by molar-refractivity contribution is -0.137. The van der Waals surface area contributed by atoms with E-state index in [9.17, 15) is 9.59 Å². The number of hydrogen-bond donors (Lipinski definition) is 1. The minimum atomic E-state index is -1.05. The molecule has 0 fully saturated rings. The fourth-order valence-electron chi connectivity index (χ4n) is 1.21. The van der Waals surface area contributed by atoms with Gasteiger partial charge in [-0.05, 0) is 6.92 Å². The molecule has 1 heterocycles. The van der Waals surface area contributed by atoms with E-state index in [0.29, 0.717) is 6.54 Å². The Bertz CT molecular complexity index is 460. The second-order valence-electron chi connectivity index (χ2n) is 3.22. The van der Waals surface area contributed by atoms with Crippen LogP contribution in [0, 0.1) is 12.3 Å². The first-order chi connectivity index (χ1) is 8.08. The van der Waals surface area contributed by atoms with E-state index in [1.165, 1.54) is 11.1 Å². The summed E-state index contributed by atoms with van der Waals surface area (Å²) in [4.78, 5) is 23.7. The smallest absolute Gasteiger partial charge is 0.325 e. The molecule has 1 N–H and O–H groups in total. The second-order valence-corrected chi connectivity index (χ2v) is 3.22. The minimum absolute atomic E-state index is 0.0864. The molecule has 0 saturated heterocycles. The topological polar surface area (TPSA) is 88.3 Å². The normalized spacial score (nSPS) is 9.65. The Balaban J connectivity index is 2.79. The van der Waals surface area contributed by atoms with Crippen LogP contribution in [0.5, 0.6) is 0 Å². The molecule has 7 nitrogen and oxygen atoms in total. The maximum absolute atomic E-state index is 11.8. The lowest BCUT2D eigenvalue weighted by Gasteiger charge is -2.15. The fraction of sp³-hybridized carbons (Fsp3) is 0.400.